The number of aliphatic hydroxyl groups is 1. The van der Waals surface area contributed by atoms with E-state index < -0.39 is 11.7 Å². The zero-order chi connectivity index (χ0) is 14.2. The van der Waals surface area contributed by atoms with Gasteiger partial charge in [-0.1, -0.05) is 0 Å². The average Bonchev–Trinajstić information content (AvgIpc) is 2.89. The number of carbonyl (C=O) groups excluding carboxylic acids is 1. The third-order valence-corrected chi connectivity index (χ3v) is 4.50. The minimum Gasteiger partial charge on any atom is -0.440 e. The Morgan fingerprint density at radius 1 is 1.40 bits per heavy atom. The van der Waals surface area contributed by atoms with Gasteiger partial charge in [-0.05, 0) is 49.4 Å². The number of aliphatic hydroxyl groups excluding tert-OH is 1. The number of hydrogen-bond donors (Lipinski definition) is 1. The highest BCUT2D eigenvalue weighted by Crippen LogP contribution is 2.35. The second-order valence-corrected chi connectivity index (χ2v) is 5.84. The number of likely N-dealkylation sites (tertiary alicyclic amines) is 1. The van der Waals surface area contributed by atoms with E-state index in [4.69, 9.17) is 20.8 Å². The zero-order valence-electron chi connectivity index (χ0n) is 11.2. The Balaban J connectivity index is 1.65. The van der Waals surface area contributed by atoms with Crippen LogP contribution >= 0.6 is 11.6 Å². The summed E-state index contributed by atoms with van der Waals surface area (Å²) in [6.07, 6.45) is 2.58. The molecule has 110 valence electrons. The summed E-state index contributed by atoms with van der Waals surface area (Å²) < 4.78 is 11.0. The first-order chi connectivity index (χ1) is 9.61. The van der Waals surface area contributed by atoms with Gasteiger partial charge in [-0.15, -0.1) is 0 Å². The monoisotopic (exact) mass is 299 g/mol. The van der Waals surface area contributed by atoms with E-state index in [0.29, 0.717) is 32.5 Å². The summed E-state index contributed by atoms with van der Waals surface area (Å²) in [4.78, 5) is 14.0. The van der Waals surface area contributed by atoms with Gasteiger partial charge < -0.3 is 19.2 Å². The summed E-state index contributed by atoms with van der Waals surface area (Å²) >= 11 is 5.69. The van der Waals surface area contributed by atoms with Crippen LogP contribution in [0.2, 0.25) is 5.22 Å². The molecule has 1 N–H and O–H groups in total. The predicted molar refractivity (Wildman–Crippen MR) is 72.8 cm³/mol. The van der Waals surface area contributed by atoms with Crippen LogP contribution in [0.15, 0.2) is 16.5 Å². The molecule has 5 nitrogen and oxygen atoms in total. The van der Waals surface area contributed by atoms with Crippen molar-refractivity contribution in [2.45, 2.75) is 37.4 Å². The van der Waals surface area contributed by atoms with Gasteiger partial charge in [0.15, 0.2) is 11.0 Å². The second-order valence-electron chi connectivity index (χ2n) is 5.47. The molecule has 0 aromatic carbocycles. The molecule has 3 heterocycles. The number of nitrogens with zero attached hydrogens (tertiary/aromatic N) is 1. The molecule has 1 spiro atoms. The summed E-state index contributed by atoms with van der Waals surface area (Å²) in [6.45, 7) is 1.82. The van der Waals surface area contributed by atoms with Crippen LogP contribution in [0.3, 0.4) is 0 Å². The van der Waals surface area contributed by atoms with Crippen LogP contribution in [0.25, 0.3) is 0 Å². The Hall–Kier alpha value is -1.04. The molecule has 0 radical (unpaired) electrons. The van der Waals surface area contributed by atoms with Crippen LogP contribution < -0.4 is 0 Å². The molecule has 2 saturated heterocycles. The van der Waals surface area contributed by atoms with Gasteiger partial charge in [-0.2, -0.15) is 0 Å². The van der Waals surface area contributed by atoms with Crippen molar-refractivity contribution >= 4 is 17.5 Å². The van der Waals surface area contributed by atoms with E-state index in [1.54, 1.807) is 17.0 Å². The maximum Gasteiger partial charge on any atom is 0.289 e. The van der Waals surface area contributed by atoms with Crippen LogP contribution in [0.1, 0.15) is 36.2 Å². The first-order valence-corrected chi connectivity index (χ1v) is 7.35. The fraction of sp³-hybridized carbons (Fsp3) is 0.643. The van der Waals surface area contributed by atoms with E-state index >= 15 is 0 Å². The number of ether oxygens (including phenoxy) is 1. The summed E-state index contributed by atoms with van der Waals surface area (Å²) in [5.41, 5.74) is -0.462. The van der Waals surface area contributed by atoms with Gasteiger partial charge in [0, 0.05) is 19.7 Å². The highest BCUT2D eigenvalue weighted by Gasteiger charge is 2.44. The SMILES string of the molecule is O=C(c1ccc(Cl)o1)N1CCC2(CC1)OCCC[C@@H]2O. The first kappa shape index (κ1) is 13.9. The summed E-state index contributed by atoms with van der Waals surface area (Å²) in [5, 5.41) is 10.4. The predicted octanol–water partition coefficient (Wildman–Crippen LogP) is 2.08. The molecule has 2 aliphatic rings. The lowest BCUT2D eigenvalue weighted by molar-refractivity contribution is -0.174. The first-order valence-electron chi connectivity index (χ1n) is 6.97. The molecule has 2 fully saturated rings. The van der Waals surface area contributed by atoms with Gasteiger partial charge in [0.05, 0.1) is 11.7 Å². The molecule has 20 heavy (non-hydrogen) atoms. The van der Waals surface area contributed by atoms with Crippen molar-refractivity contribution in [3.63, 3.8) is 0 Å². The molecule has 0 unspecified atom stereocenters. The molecule has 0 saturated carbocycles. The topological polar surface area (TPSA) is 62.9 Å². The van der Waals surface area contributed by atoms with Crippen molar-refractivity contribution < 1.29 is 19.1 Å². The van der Waals surface area contributed by atoms with Crippen LogP contribution in [0.5, 0.6) is 0 Å². The Morgan fingerprint density at radius 2 is 2.15 bits per heavy atom. The van der Waals surface area contributed by atoms with E-state index in [9.17, 15) is 9.90 Å². The lowest BCUT2D eigenvalue weighted by Crippen LogP contribution is -2.56. The number of rotatable bonds is 1. The number of piperidine rings is 1. The maximum absolute atomic E-state index is 12.2. The average molecular weight is 300 g/mol. The Kier molecular flexibility index (Phi) is 3.75. The summed E-state index contributed by atoms with van der Waals surface area (Å²) in [7, 11) is 0. The van der Waals surface area contributed by atoms with Gasteiger partial charge in [-0.3, -0.25) is 4.79 Å². The molecular weight excluding hydrogens is 282 g/mol. The molecule has 3 rings (SSSR count). The molecule has 2 aliphatic heterocycles. The maximum atomic E-state index is 12.2. The molecule has 6 heteroatoms. The normalized spacial score (nSPS) is 25.9. The minimum atomic E-state index is -0.462. The van der Waals surface area contributed by atoms with Gasteiger partial charge in [0.1, 0.15) is 0 Å². The number of halogens is 1. The molecule has 1 aromatic rings. The lowest BCUT2D eigenvalue weighted by Gasteiger charge is -2.46. The van der Waals surface area contributed by atoms with Crippen molar-refractivity contribution in [3.8, 4) is 0 Å². The van der Waals surface area contributed by atoms with Crippen molar-refractivity contribution in [2.24, 2.45) is 0 Å². The van der Waals surface area contributed by atoms with E-state index in [-0.39, 0.29) is 16.9 Å². The Bertz CT molecular complexity index is 493. The van der Waals surface area contributed by atoms with Crippen LogP contribution in [0.4, 0.5) is 0 Å². The highest BCUT2D eigenvalue weighted by atomic mass is 35.5. The fourth-order valence-corrected chi connectivity index (χ4v) is 3.21. The van der Waals surface area contributed by atoms with Gasteiger partial charge >= 0.3 is 0 Å². The van der Waals surface area contributed by atoms with Crippen LogP contribution in [-0.4, -0.2) is 47.3 Å². The lowest BCUT2D eigenvalue weighted by atomic mass is 9.82. The van der Waals surface area contributed by atoms with Crippen molar-refractivity contribution in [1.29, 1.82) is 0 Å². The Morgan fingerprint density at radius 3 is 2.75 bits per heavy atom. The standard InChI is InChI=1S/C14H18ClNO4/c15-12-4-3-10(20-12)13(18)16-7-5-14(6-8-16)11(17)2-1-9-19-14/h3-4,11,17H,1-2,5-9H2/t11-/m0/s1. The number of amides is 1. The third-order valence-electron chi connectivity index (χ3n) is 4.30. The van der Waals surface area contributed by atoms with E-state index in [2.05, 4.69) is 0 Å². The molecule has 0 aliphatic carbocycles. The van der Waals surface area contributed by atoms with Crippen molar-refractivity contribution in [2.75, 3.05) is 19.7 Å². The smallest absolute Gasteiger partial charge is 0.289 e. The molecule has 0 bridgehead atoms. The highest BCUT2D eigenvalue weighted by molar-refractivity contribution is 6.29. The summed E-state index contributed by atoms with van der Waals surface area (Å²) in [6, 6.07) is 3.15. The third kappa shape index (κ3) is 2.45. The number of carbonyl (C=O) groups is 1. The molecule has 1 amide bonds. The molecular formula is C14H18ClNO4. The zero-order valence-corrected chi connectivity index (χ0v) is 11.9. The second kappa shape index (κ2) is 5.39. The number of furan rings is 1. The summed E-state index contributed by atoms with van der Waals surface area (Å²) in [5.74, 6) is 0.105. The van der Waals surface area contributed by atoms with Crippen LogP contribution in [-0.2, 0) is 4.74 Å². The van der Waals surface area contributed by atoms with E-state index in [1.165, 1.54) is 0 Å². The minimum absolute atomic E-state index is 0.156. The van der Waals surface area contributed by atoms with E-state index in [1.807, 2.05) is 0 Å². The van der Waals surface area contributed by atoms with Gasteiger partial charge in [-0.25, -0.2) is 0 Å². The quantitative estimate of drug-likeness (QED) is 0.862. The largest absolute Gasteiger partial charge is 0.440 e. The molecule has 1 atom stereocenters. The van der Waals surface area contributed by atoms with Gasteiger partial charge in [0.2, 0.25) is 0 Å². The van der Waals surface area contributed by atoms with Crippen LogP contribution in [0, 0.1) is 0 Å². The Labute approximate surface area is 122 Å². The van der Waals surface area contributed by atoms with Crippen molar-refractivity contribution in [1.82, 2.24) is 4.90 Å². The van der Waals surface area contributed by atoms with Crippen molar-refractivity contribution in [3.05, 3.63) is 23.1 Å². The number of hydrogen-bond acceptors (Lipinski definition) is 4. The van der Waals surface area contributed by atoms with E-state index in [0.717, 1.165) is 12.8 Å². The molecule has 1 aromatic heterocycles. The van der Waals surface area contributed by atoms with Gasteiger partial charge in [0.25, 0.3) is 5.91 Å². The fourth-order valence-electron chi connectivity index (χ4n) is 3.06.